The van der Waals surface area contributed by atoms with Crippen molar-refractivity contribution in [2.24, 2.45) is 0 Å². The second-order valence-electron chi connectivity index (χ2n) is 12.7. The van der Waals surface area contributed by atoms with Crippen molar-refractivity contribution in [2.75, 3.05) is 13.2 Å². The fourth-order valence-electron chi connectivity index (χ4n) is 7.32. The summed E-state index contributed by atoms with van der Waals surface area (Å²) in [6, 6.07) is 26.5. The molecule has 0 N–H and O–H groups in total. The number of hydrogen-bond acceptors (Lipinski definition) is 4. The molecule has 2 aliphatic carbocycles. The first-order valence-corrected chi connectivity index (χ1v) is 16.3. The number of hydrogen-bond donors (Lipinski definition) is 0. The van der Waals surface area contributed by atoms with Gasteiger partial charge >= 0.3 is 0 Å². The first-order valence-electron chi connectivity index (χ1n) is 16.3. The van der Waals surface area contributed by atoms with E-state index in [-0.39, 0.29) is 5.92 Å². The highest BCUT2D eigenvalue weighted by Crippen LogP contribution is 2.48. The monoisotopic (exact) mass is 578 g/mol. The molecule has 8 rings (SSSR count). The van der Waals surface area contributed by atoms with Gasteiger partial charge in [-0.3, -0.25) is 0 Å². The van der Waals surface area contributed by atoms with Crippen LogP contribution in [0.2, 0.25) is 0 Å². The number of aryl methyl sites for hydroxylation is 3. The minimum absolute atomic E-state index is 0.121. The van der Waals surface area contributed by atoms with Crippen molar-refractivity contribution in [3.8, 4) is 45.1 Å². The Labute approximate surface area is 260 Å². The molecule has 0 atom stereocenters. The van der Waals surface area contributed by atoms with Gasteiger partial charge in [-0.25, -0.2) is 9.97 Å². The van der Waals surface area contributed by atoms with E-state index in [4.69, 9.17) is 9.47 Å². The fourth-order valence-corrected chi connectivity index (χ4v) is 7.32. The van der Waals surface area contributed by atoms with Crippen LogP contribution in [0, 0.1) is 6.92 Å². The highest BCUT2D eigenvalue weighted by molar-refractivity contribution is 5.84. The van der Waals surface area contributed by atoms with Gasteiger partial charge in [0.25, 0.3) is 0 Å². The van der Waals surface area contributed by atoms with E-state index in [1.165, 1.54) is 75.8 Å². The Morgan fingerprint density at radius 1 is 0.545 bits per heavy atom. The zero-order valence-corrected chi connectivity index (χ0v) is 25.4. The maximum atomic E-state index is 6.78. The molecule has 1 aliphatic heterocycles. The Bertz CT molecular complexity index is 1740. The smallest absolute Gasteiger partial charge is 0.159 e. The van der Waals surface area contributed by atoms with Crippen molar-refractivity contribution in [1.82, 2.24) is 9.97 Å². The van der Waals surface area contributed by atoms with Crippen molar-refractivity contribution in [3.63, 3.8) is 0 Å². The molecule has 4 heteroatoms. The van der Waals surface area contributed by atoms with Crippen LogP contribution in [-0.2, 0) is 25.7 Å². The van der Waals surface area contributed by atoms with Gasteiger partial charge in [0.1, 0.15) is 11.5 Å². The lowest BCUT2D eigenvalue weighted by Crippen LogP contribution is -2.17. The van der Waals surface area contributed by atoms with E-state index in [9.17, 15) is 0 Å². The van der Waals surface area contributed by atoms with Gasteiger partial charge in [0.15, 0.2) is 5.82 Å². The van der Waals surface area contributed by atoms with Crippen molar-refractivity contribution < 1.29 is 9.47 Å². The van der Waals surface area contributed by atoms with Gasteiger partial charge in [0, 0.05) is 29.1 Å². The van der Waals surface area contributed by atoms with Crippen LogP contribution in [0.4, 0.5) is 0 Å². The molecule has 44 heavy (non-hydrogen) atoms. The highest BCUT2D eigenvalue weighted by atomic mass is 16.5. The number of fused-ring (bicyclic) bond motifs is 7. The average Bonchev–Trinajstić information content (AvgIpc) is 3.17. The van der Waals surface area contributed by atoms with Gasteiger partial charge in [0.2, 0.25) is 0 Å². The Morgan fingerprint density at radius 2 is 1.02 bits per heavy atom. The Morgan fingerprint density at radius 3 is 1.57 bits per heavy atom. The third-order valence-corrected chi connectivity index (χ3v) is 9.76. The topological polar surface area (TPSA) is 44.2 Å². The molecule has 0 amide bonds. The summed E-state index contributed by atoms with van der Waals surface area (Å²) in [4.78, 5) is 8.94. The Hall–Kier alpha value is -4.44. The van der Waals surface area contributed by atoms with Crippen molar-refractivity contribution in [2.45, 2.75) is 64.2 Å². The highest BCUT2D eigenvalue weighted by Gasteiger charge is 2.28. The molecule has 0 saturated heterocycles. The molecule has 1 aromatic heterocycles. The maximum absolute atomic E-state index is 6.78. The molecule has 0 spiro atoms. The zero-order chi connectivity index (χ0) is 29.5. The quantitative estimate of drug-likeness (QED) is 0.214. The second-order valence-corrected chi connectivity index (χ2v) is 12.7. The maximum Gasteiger partial charge on any atom is 0.159 e. The first kappa shape index (κ1) is 27.1. The average molecular weight is 579 g/mol. The number of nitrogens with zero attached hydrogens (tertiary/aromatic N) is 2. The summed E-state index contributed by atoms with van der Waals surface area (Å²) < 4.78 is 13.6. The van der Waals surface area contributed by atoms with Crippen LogP contribution in [0.1, 0.15) is 65.0 Å². The third-order valence-electron chi connectivity index (χ3n) is 9.76. The van der Waals surface area contributed by atoms with Gasteiger partial charge < -0.3 is 9.47 Å². The molecular formula is C40H38N2O2. The van der Waals surface area contributed by atoms with Crippen LogP contribution in [0.3, 0.4) is 0 Å². The molecule has 5 aromatic rings. The van der Waals surface area contributed by atoms with E-state index in [1.54, 1.807) is 0 Å². The molecule has 3 aliphatic rings. The lowest BCUT2D eigenvalue weighted by Gasteiger charge is -2.27. The molecule has 4 nitrogen and oxygen atoms in total. The fraction of sp³-hybridized carbons (Fsp3) is 0.300. The molecule has 0 saturated carbocycles. The standard InChI is InChI=1S/C40H38N2O2/c1-26-22-41-40(42-23-26)32-16-14-28(15-17-32)27-10-12-29(13-11-27)33-24-43-36-20-18-30-6-2-4-8-34(30)38(36)39-35-9-5-3-7-31(35)19-21-37(39)44-25-33/h10-23,33H,2-9,24-25H2,1H3. The van der Waals surface area contributed by atoms with Crippen molar-refractivity contribution >= 4 is 0 Å². The minimum atomic E-state index is 0.121. The summed E-state index contributed by atoms with van der Waals surface area (Å²) in [5.41, 5.74) is 14.3. The predicted molar refractivity (Wildman–Crippen MR) is 177 cm³/mol. The Kier molecular flexibility index (Phi) is 7.14. The lowest BCUT2D eigenvalue weighted by atomic mass is 9.80. The van der Waals surface area contributed by atoms with E-state index in [2.05, 4.69) is 82.8 Å². The van der Waals surface area contributed by atoms with Gasteiger partial charge in [-0.05, 0) is 115 Å². The van der Waals surface area contributed by atoms with E-state index < -0.39 is 0 Å². The largest absolute Gasteiger partial charge is 0.492 e. The molecule has 0 radical (unpaired) electrons. The molecule has 220 valence electrons. The van der Waals surface area contributed by atoms with E-state index in [0.717, 1.165) is 54.1 Å². The van der Waals surface area contributed by atoms with E-state index in [0.29, 0.717) is 13.2 Å². The van der Waals surface area contributed by atoms with Gasteiger partial charge in [-0.2, -0.15) is 0 Å². The second kappa shape index (κ2) is 11.6. The summed E-state index contributed by atoms with van der Waals surface area (Å²) in [5.74, 6) is 2.92. The summed E-state index contributed by atoms with van der Waals surface area (Å²) in [6.45, 7) is 3.18. The summed E-state index contributed by atoms with van der Waals surface area (Å²) in [7, 11) is 0. The van der Waals surface area contributed by atoms with Crippen LogP contribution in [0.5, 0.6) is 11.5 Å². The van der Waals surface area contributed by atoms with Crippen LogP contribution in [-0.4, -0.2) is 23.2 Å². The van der Waals surface area contributed by atoms with E-state index >= 15 is 0 Å². The van der Waals surface area contributed by atoms with Gasteiger partial charge in [0.05, 0.1) is 19.1 Å². The molecular weight excluding hydrogens is 540 g/mol. The Balaban J connectivity index is 1.10. The van der Waals surface area contributed by atoms with Crippen LogP contribution in [0.15, 0.2) is 85.2 Å². The van der Waals surface area contributed by atoms with Crippen molar-refractivity contribution in [1.29, 1.82) is 0 Å². The molecule has 2 heterocycles. The number of ether oxygens (including phenoxy) is 2. The zero-order valence-electron chi connectivity index (χ0n) is 25.4. The number of aromatic nitrogens is 2. The SMILES string of the molecule is Cc1cnc(-c2ccc(-c3ccc(C4COc5ccc6c(c5-c5c(ccc7c5CCCC7)OC4)CCCC6)cc3)cc2)nc1. The number of benzene rings is 4. The summed E-state index contributed by atoms with van der Waals surface area (Å²) >= 11 is 0. The molecule has 0 fully saturated rings. The van der Waals surface area contributed by atoms with Gasteiger partial charge in [-0.1, -0.05) is 60.7 Å². The first-order chi connectivity index (χ1) is 21.7. The third kappa shape index (κ3) is 5.06. The summed E-state index contributed by atoms with van der Waals surface area (Å²) in [5, 5.41) is 0. The van der Waals surface area contributed by atoms with Crippen molar-refractivity contribution in [3.05, 3.63) is 119 Å². The van der Waals surface area contributed by atoms with Crippen LogP contribution in [0.25, 0.3) is 33.6 Å². The lowest BCUT2D eigenvalue weighted by molar-refractivity contribution is 0.223. The minimum Gasteiger partial charge on any atom is -0.492 e. The number of rotatable bonds is 3. The molecule has 4 aromatic carbocycles. The molecule has 0 unspecified atom stereocenters. The summed E-state index contributed by atoms with van der Waals surface area (Å²) in [6.07, 6.45) is 13.3. The molecule has 0 bridgehead atoms. The van der Waals surface area contributed by atoms with Gasteiger partial charge in [-0.15, -0.1) is 0 Å². The van der Waals surface area contributed by atoms with E-state index in [1.807, 2.05) is 19.3 Å². The van der Waals surface area contributed by atoms with Crippen LogP contribution < -0.4 is 9.47 Å². The van der Waals surface area contributed by atoms with Crippen LogP contribution >= 0.6 is 0 Å². The normalized spacial score (nSPS) is 16.1. The predicted octanol–water partition coefficient (Wildman–Crippen LogP) is 9.10.